The fourth-order valence-electron chi connectivity index (χ4n) is 3.84. The van der Waals surface area contributed by atoms with Gasteiger partial charge in [0.05, 0.1) is 0 Å². The standard InChI is InChI=1S/C21H23ClN2/c22-16-12-10-15(11-13-16)5-4-14-23-20-9-3-7-18-17-6-1-2-8-19(17)24-21(18)20/h1-2,6,8,10-13,20,23-24H,3-5,7,9,14H2. The van der Waals surface area contributed by atoms with Gasteiger partial charge in [0.15, 0.2) is 0 Å². The molecule has 124 valence electrons. The minimum atomic E-state index is 0.464. The van der Waals surface area contributed by atoms with Crippen LogP contribution in [0.3, 0.4) is 0 Å². The van der Waals surface area contributed by atoms with Crippen molar-refractivity contribution >= 4 is 22.5 Å². The molecule has 2 N–H and O–H groups in total. The van der Waals surface area contributed by atoms with E-state index in [4.69, 9.17) is 11.6 Å². The van der Waals surface area contributed by atoms with Crippen molar-refractivity contribution in [3.63, 3.8) is 0 Å². The molecular formula is C21H23ClN2. The van der Waals surface area contributed by atoms with E-state index >= 15 is 0 Å². The second kappa shape index (κ2) is 7.00. The van der Waals surface area contributed by atoms with Crippen LogP contribution in [-0.4, -0.2) is 11.5 Å². The lowest BCUT2D eigenvalue weighted by molar-refractivity contribution is 0.449. The first-order valence-corrected chi connectivity index (χ1v) is 9.26. The minimum absolute atomic E-state index is 0.464. The van der Waals surface area contributed by atoms with E-state index < -0.39 is 0 Å². The summed E-state index contributed by atoms with van der Waals surface area (Å²) >= 11 is 5.94. The van der Waals surface area contributed by atoms with E-state index in [1.807, 2.05) is 12.1 Å². The number of aryl methyl sites for hydroxylation is 2. The number of hydrogen-bond donors (Lipinski definition) is 2. The van der Waals surface area contributed by atoms with Gasteiger partial charge in [0.1, 0.15) is 0 Å². The number of halogens is 1. The van der Waals surface area contributed by atoms with Crippen LogP contribution >= 0.6 is 11.6 Å². The molecule has 2 aromatic carbocycles. The first-order chi connectivity index (χ1) is 11.8. The Hall–Kier alpha value is -1.77. The average molecular weight is 339 g/mol. The maximum Gasteiger partial charge on any atom is 0.0476 e. The van der Waals surface area contributed by atoms with E-state index in [0.717, 1.165) is 24.4 Å². The maximum atomic E-state index is 5.94. The Morgan fingerprint density at radius 3 is 2.79 bits per heavy atom. The van der Waals surface area contributed by atoms with Crippen LogP contribution < -0.4 is 5.32 Å². The number of aromatic nitrogens is 1. The number of aromatic amines is 1. The Bertz CT molecular complexity index is 819. The second-order valence-electron chi connectivity index (χ2n) is 6.69. The summed E-state index contributed by atoms with van der Waals surface area (Å²) in [6, 6.07) is 17.3. The smallest absolute Gasteiger partial charge is 0.0476 e. The van der Waals surface area contributed by atoms with E-state index in [9.17, 15) is 0 Å². The lowest BCUT2D eigenvalue weighted by Crippen LogP contribution is -2.26. The molecule has 4 rings (SSSR count). The number of hydrogen-bond acceptors (Lipinski definition) is 1. The summed E-state index contributed by atoms with van der Waals surface area (Å²) in [6.45, 7) is 1.04. The largest absolute Gasteiger partial charge is 0.357 e. The molecule has 1 unspecified atom stereocenters. The Morgan fingerprint density at radius 1 is 1.08 bits per heavy atom. The van der Waals surface area contributed by atoms with Crippen LogP contribution in [0.15, 0.2) is 48.5 Å². The molecule has 24 heavy (non-hydrogen) atoms. The van der Waals surface area contributed by atoms with Crippen molar-refractivity contribution in [2.75, 3.05) is 6.54 Å². The molecule has 0 spiro atoms. The van der Waals surface area contributed by atoms with Gasteiger partial charge < -0.3 is 10.3 Å². The number of rotatable bonds is 5. The molecule has 1 aliphatic rings. The zero-order valence-corrected chi connectivity index (χ0v) is 14.6. The van der Waals surface area contributed by atoms with Gasteiger partial charge >= 0.3 is 0 Å². The van der Waals surface area contributed by atoms with E-state index in [-0.39, 0.29) is 0 Å². The summed E-state index contributed by atoms with van der Waals surface area (Å²) in [4.78, 5) is 3.65. The zero-order chi connectivity index (χ0) is 16.4. The van der Waals surface area contributed by atoms with E-state index in [1.165, 1.54) is 47.0 Å². The normalized spacial score (nSPS) is 17.1. The van der Waals surface area contributed by atoms with Gasteiger partial charge in [-0.1, -0.05) is 41.9 Å². The van der Waals surface area contributed by atoms with Crippen LogP contribution in [0.5, 0.6) is 0 Å². The van der Waals surface area contributed by atoms with Gasteiger partial charge in [0.2, 0.25) is 0 Å². The topological polar surface area (TPSA) is 27.8 Å². The fraction of sp³-hybridized carbons (Fsp3) is 0.333. The predicted molar refractivity (Wildman–Crippen MR) is 102 cm³/mol. The number of H-pyrrole nitrogens is 1. The lowest BCUT2D eigenvalue weighted by atomic mass is 9.91. The van der Waals surface area contributed by atoms with Crippen LogP contribution in [0.1, 0.15) is 42.1 Å². The number of fused-ring (bicyclic) bond motifs is 3. The molecule has 3 heteroatoms. The van der Waals surface area contributed by atoms with E-state index in [0.29, 0.717) is 6.04 Å². The highest BCUT2D eigenvalue weighted by Crippen LogP contribution is 2.34. The van der Waals surface area contributed by atoms with Crippen LogP contribution in [0.25, 0.3) is 10.9 Å². The average Bonchev–Trinajstić information content (AvgIpc) is 3.00. The van der Waals surface area contributed by atoms with Gasteiger partial charge in [-0.15, -0.1) is 0 Å². The van der Waals surface area contributed by atoms with Gasteiger partial charge in [0.25, 0.3) is 0 Å². The molecule has 3 aromatic rings. The Kier molecular flexibility index (Phi) is 4.59. The summed E-state index contributed by atoms with van der Waals surface area (Å²) in [5.41, 5.74) is 5.56. The van der Waals surface area contributed by atoms with Crippen molar-refractivity contribution in [1.29, 1.82) is 0 Å². The van der Waals surface area contributed by atoms with Crippen molar-refractivity contribution in [3.05, 3.63) is 70.4 Å². The third-order valence-corrected chi connectivity index (χ3v) is 5.31. The SMILES string of the molecule is Clc1ccc(CCCNC2CCCc3c2[nH]c2ccccc32)cc1. The van der Waals surface area contributed by atoms with Crippen molar-refractivity contribution in [1.82, 2.24) is 10.3 Å². The number of benzene rings is 2. The molecule has 1 heterocycles. The molecule has 0 radical (unpaired) electrons. The first kappa shape index (κ1) is 15.7. The van der Waals surface area contributed by atoms with Gasteiger partial charge in [-0.25, -0.2) is 0 Å². The summed E-state index contributed by atoms with van der Waals surface area (Å²) in [6.07, 6.45) is 5.93. The van der Waals surface area contributed by atoms with Crippen molar-refractivity contribution in [2.24, 2.45) is 0 Å². The monoisotopic (exact) mass is 338 g/mol. The molecule has 0 bridgehead atoms. The zero-order valence-electron chi connectivity index (χ0n) is 13.8. The fourth-order valence-corrected chi connectivity index (χ4v) is 3.96. The first-order valence-electron chi connectivity index (χ1n) is 8.88. The van der Waals surface area contributed by atoms with Gasteiger partial charge in [-0.2, -0.15) is 0 Å². The molecule has 0 aliphatic heterocycles. The second-order valence-corrected chi connectivity index (χ2v) is 7.13. The molecule has 2 nitrogen and oxygen atoms in total. The predicted octanol–water partition coefficient (Wildman–Crippen LogP) is 5.42. The van der Waals surface area contributed by atoms with Gasteiger partial charge in [-0.05, 0) is 68.0 Å². The molecular weight excluding hydrogens is 316 g/mol. The van der Waals surface area contributed by atoms with E-state index in [1.54, 1.807) is 0 Å². The summed E-state index contributed by atoms with van der Waals surface area (Å²) in [7, 11) is 0. The Labute approximate surface area is 148 Å². The quantitative estimate of drug-likeness (QED) is 0.597. The highest BCUT2D eigenvalue weighted by atomic mass is 35.5. The van der Waals surface area contributed by atoms with Crippen LogP contribution in [-0.2, 0) is 12.8 Å². The van der Waals surface area contributed by atoms with E-state index in [2.05, 4.69) is 46.7 Å². The third kappa shape index (κ3) is 3.22. The summed E-state index contributed by atoms with van der Waals surface area (Å²) < 4.78 is 0. The van der Waals surface area contributed by atoms with Gasteiger partial charge in [0, 0.05) is 27.7 Å². The Morgan fingerprint density at radius 2 is 1.92 bits per heavy atom. The van der Waals surface area contributed by atoms with Crippen LogP contribution in [0, 0.1) is 0 Å². The van der Waals surface area contributed by atoms with Crippen LogP contribution in [0.2, 0.25) is 5.02 Å². The van der Waals surface area contributed by atoms with Gasteiger partial charge in [-0.3, -0.25) is 0 Å². The molecule has 0 saturated heterocycles. The highest BCUT2D eigenvalue weighted by molar-refractivity contribution is 6.30. The van der Waals surface area contributed by atoms with Crippen molar-refractivity contribution in [2.45, 2.75) is 38.1 Å². The van der Waals surface area contributed by atoms with Crippen LogP contribution in [0.4, 0.5) is 0 Å². The lowest BCUT2D eigenvalue weighted by Gasteiger charge is -2.24. The highest BCUT2D eigenvalue weighted by Gasteiger charge is 2.23. The molecule has 1 aliphatic carbocycles. The molecule has 1 aromatic heterocycles. The van der Waals surface area contributed by atoms with Crippen molar-refractivity contribution in [3.8, 4) is 0 Å². The van der Waals surface area contributed by atoms with Crippen molar-refractivity contribution < 1.29 is 0 Å². The maximum absolute atomic E-state index is 5.94. The number of nitrogens with one attached hydrogen (secondary N) is 2. The summed E-state index contributed by atoms with van der Waals surface area (Å²) in [5.74, 6) is 0. The molecule has 0 saturated carbocycles. The molecule has 1 atom stereocenters. The molecule has 0 fully saturated rings. The summed E-state index contributed by atoms with van der Waals surface area (Å²) in [5, 5.41) is 5.98. The number of para-hydroxylation sites is 1. The Balaban J connectivity index is 1.39. The molecule has 0 amide bonds. The third-order valence-electron chi connectivity index (χ3n) is 5.06. The minimum Gasteiger partial charge on any atom is -0.357 e.